The molecule has 82 valence electrons. The van der Waals surface area contributed by atoms with Gasteiger partial charge in [-0.25, -0.2) is 4.98 Å². The van der Waals surface area contributed by atoms with E-state index in [4.69, 9.17) is 5.73 Å². The topological polar surface area (TPSA) is 38.9 Å². The first-order valence-corrected chi connectivity index (χ1v) is 5.56. The zero-order valence-corrected chi connectivity index (χ0v) is 9.48. The summed E-state index contributed by atoms with van der Waals surface area (Å²) in [5.41, 5.74) is 9.54. The predicted molar refractivity (Wildman–Crippen MR) is 67.3 cm³/mol. The van der Waals surface area contributed by atoms with Crippen molar-refractivity contribution in [2.45, 2.75) is 19.8 Å². The molecule has 2 heteroatoms. The van der Waals surface area contributed by atoms with Gasteiger partial charge in [0.15, 0.2) is 0 Å². The number of rotatable bonds is 3. The molecule has 0 saturated carbocycles. The van der Waals surface area contributed by atoms with Gasteiger partial charge in [-0.2, -0.15) is 0 Å². The lowest BCUT2D eigenvalue weighted by molar-refractivity contribution is 1.11. The van der Waals surface area contributed by atoms with Crippen molar-refractivity contribution in [2.24, 2.45) is 0 Å². The summed E-state index contributed by atoms with van der Waals surface area (Å²) in [4.78, 5) is 4.09. The SMILES string of the molecule is CCc1ccc(Cc2cccnc2N)cc1. The number of hydrogen-bond acceptors (Lipinski definition) is 2. The normalized spacial score (nSPS) is 10.3. The Morgan fingerprint density at radius 3 is 2.38 bits per heavy atom. The Morgan fingerprint density at radius 1 is 1.06 bits per heavy atom. The number of aromatic nitrogens is 1. The average Bonchev–Trinajstić information content (AvgIpc) is 2.33. The second-order valence-corrected chi connectivity index (χ2v) is 3.89. The Hall–Kier alpha value is -1.83. The van der Waals surface area contributed by atoms with E-state index in [2.05, 4.69) is 36.2 Å². The van der Waals surface area contributed by atoms with E-state index < -0.39 is 0 Å². The first-order chi connectivity index (χ1) is 7.79. The number of nitrogens with zero attached hydrogens (tertiary/aromatic N) is 1. The van der Waals surface area contributed by atoms with Crippen LogP contribution in [0.15, 0.2) is 42.6 Å². The van der Waals surface area contributed by atoms with Crippen LogP contribution in [-0.4, -0.2) is 4.98 Å². The van der Waals surface area contributed by atoms with Crippen molar-refractivity contribution in [2.75, 3.05) is 5.73 Å². The molecule has 2 nitrogen and oxygen atoms in total. The van der Waals surface area contributed by atoms with E-state index in [0.717, 1.165) is 18.4 Å². The number of nitrogens with two attached hydrogens (primary N) is 1. The first-order valence-electron chi connectivity index (χ1n) is 5.56. The van der Waals surface area contributed by atoms with Crippen LogP contribution < -0.4 is 5.73 Å². The van der Waals surface area contributed by atoms with E-state index in [0.29, 0.717) is 5.82 Å². The van der Waals surface area contributed by atoms with Gasteiger partial charge in [-0.3, -0.25) is 0 Å². The highest BCUT2D eigenvalue weighted by Gasteiger charge is 2.00. The first kappa shape index (κ1) is 10.7. The molecule has 0 aliphatic rings. The number of anilines is 1. The molecule has 0 spiro atoms. The molecular formula is C14H16N2. The van der Waals surface area contributed by atoms with Crippen molar-refractivity contribution in [3.05, 3.63) is 59.3 Å². The molecule has 0 bridgehead atoms. The molecule has 2 aromatic rings. The fourth-order valence-corrected chi connectivity index (χ4v) is 1.71. The van der Waals surface area contributed by atoms with E-state index in [1.54, 1.807) is 6.20 Å². The molecule has 1 aromatic carbocycles. The Balaban J connectivity index is 2.18. The van der Waals surface area contributed by atoms with Gasteiger partial charge in [-0.15, -0.1) is 0 Å². The van der Waals surface area contributed by atoms with Gasteiger partial charge in [0.1, 0.15) is 5.82 Å². The third kappa shape index (κ3) is 2.40. The van der Waals surface area contributed by atoms with E-state index in [1.807, 2.05) is 12.1 Å². The summed E-state index contributed by atoms with van der Waals surface area (Å²) in [6, 6.07) is 12.6. The summed E-state index contributed by atoms with van der Waals surface area (Å²) >= 11 is 0. The minimum atomic E-state index is 0.627. The average molecular weight is 212 g/mol. The minimum Gasteiger partial charge on any atom is -0.383 e. The van der Waals surface area contributed by atoms with Gasteiger partial charge in [0.25, 0.3) is 0 Å². The van der Waals surface area contributed by atoms with E-state index in [9.17, 15) is 0 Å². The quantitative estimate of drug-likeness (QED) is 0.849. The van der Waals surface area contributed by atoms with Gasteiger partial charge >= 0.3 is 0 Å². The smallest absolute Gasteiger partial charge is 0.126 e. The molecule has 0 unspecified atom stereocenters. The second-order valence-electron chi connectivity index (χ2n) is 3.89. The van der Waals surface area contributed by atoms with Gasteiger partial charge in [-0.05, 0) is 29.2 Å². The van der Waals surface area contributed by atoms with Gasteiger partial charge < -0.3 is 5.73 Å². The molecule has 0 saturated heterocycles. The minimum absolute atomic E-state index is 0.627. The third-order valence-corrected chi connectivity index (χ3v) is 2.75. The largest absolute Gasteiger partial charge is 0.383 e. The van der Waals surface area contributed by atoms with Crippen molar-refractivity contribution >= 4 is 5.82 Å². The van der Waals surface area contributed by atoms with Crippen LogP contribution in [0, 0.1) is 0 Å². The number of pyridine rings is 1. The van der Waals surface area contributed by atoms with Gasteiger partial charge in [0, 0.05) is 12.6 Å². The molecule has 0 aliphatic carbocycles. The van der Waals surface area contributed by atoms with Gasteiger partial charge in [0.2, 0.25) is 0 Å². The van der Waals surface area contributed by atoms with Crippen LogP contribution in [-0.2, 0) is 12.8 Å². The Bertz CT molecular complexity index is 460. The molecular weight excluding hydrogens is 196 g/mol. The maximum absolute atomic E-state index is 5.81. The van der Waals surface area contributed by atoms with Gasteiger partial charge in [0.05, 0.1) is 0 Å². The van der Waals surface area contributed by atoms with Crippen molar-refractivity contribution in [1.29, 1.82) is 0 Å². The molecule has 0 fully saturated rings. The fraction of sp³-hybridized carbons (Fsp3) is 0.214. The number of benzene rings is 1. The standard InChI is InChI=1S/C14H16N2/c1-2-11-5-7-12(8-6-11)10-13-4-3-9-16-14(13)15/h3-9H,2,10H2,1H3,(H2,15,16). The molecule has 0 aliphatic heterocycles. The molecule has 1 heterocycles. The number of aryl methyl sites for hydroxylation is 1. The summed E-state index contributed by atoms with van der Waals surface area (Å²) in [6.07, 6.45) is 3.65. The van der Waals surface area contributed by atoms with Crippen LogP contribution in [0.3, 0.4) is 0 Å². The highest BCUT2D eigenvalue weighted by Crippen LogP contribution is 2.14. The van der Waals surface area contributed by atoms with Crippen molar-refractivity contribution in [3.63, 3.8) is 0 Å². The molecule has 0 amide bonds. The summed E-state index contributed by atoms with van der Waals surface area (Å²) < 4.78 is 0. The van der Waals surface area contributed by atoms with Crippen molar-refractivity contribution in [1.82, 2.24) is 4.98 Å². The lowest BCUT2D eigenvalue weighted by atomic mass is 10.0. The molecule has 0 atom stereocenters. The lowest BCUT2D eigenvalue weighted by Gasteiger charge is -2.05. The molecule has 0 radical (unpaired) electrons. The summed E-state index contributed by atoms with van der Waals surface area (Å²) in [5, 5.41) is 0. The Labute approximate surface area is 96.1 Å². The summed E-state index contributed by atoms with van der Waals surface area (Å²) in [7, 11) is 0. The molecule has 2 rings (SSSR count). The Kier molecular flexibility index (Phi) is 3.20. The zero-order valence-electron chi connectivity index (χ0n) is 9.48. The summed E-state index contributed by atoms with van der Waals surface area (Å²) in [5.74, 6) is 0.627. The van der Waals surface area contributed by atoms with Gasteiger partial charge in [-0.1, -0.05) is 37.3 Å². The lowest BCUT2D eigenvalue weighted by Crippen LogP contribution is -1.98. The highest BCUT2D eigenvalue weighted by molar-refractivity contribution is 5.42. The maximum Gasteiger partial charge on any atom is 0.126 e. The number of nitrogen functional groups attached to an aromatic ring is 1. The van der Waals surface area contributed by atoms with Crippen LogP contribution in [0.2, 0.25) is 0 Å². The van der Waals surface area contributed by atoms with E-state index in [1.165, 1.54) is 11.1 Å². The van der Waals surface area contributed by atoms with Crippen LogP contribution in [0.25, 0.3) is 0 Å². The monoisotopic (exact) mass is 212 g/mol. The zero-order chi connectivity index (χ0) is 11.4. The van der Waals surface area contributed by atoms with Crippen molar-refractivity contribution < 1.29 is 0 Å². The fourth-order valence-electron chi connectivity index (χ4n) is 1.71. The van der Waals surface area contributed by atoms with Crippen molar-refractivity contribution in [3.8, 4) is 0 Å². The molecule has 16 heavy (non-hydrogen) atoms. The number of hydrogen-bond donors (Lipinski definition) is 1. The van der Waals surface area contributed by atoms with Crippen LogP contribution in [0.1, 0.15) is 23.6 Å². The van der Waals surface area contributed by atoms with Crippen LogP contribution in [0.5, 0.6) is 0 Å². The summed E-state index contributed by atoms with van der Waals surface area (Å²) in [6.45, 7) is 2.16. The van der Waals surface area contributed by atoms with Crippen LogP contribution in [0.4, 0.5) is 5.82 Å². The third-order valence-electron chi connectivity index (χ3n) is 2.75. The highest BCUT2D eigenvalue weighted by atomic mass is 14.8. The predicted octanol–water partition coefficient (Wildman–Crippen LogP) is 2.82. The molecule has 2 N–H and O–H groups in total. The van der Waals surface area contributed by atoms with E-state index in [-0.39, 0.29) is 0 Å². The molecule has 1 aromatic heterocycles. The van der Waals surface area contributed by atoms with E-state index >= 15 is 0 Å². The second kappa shape index (κ2) is 4.79. The maximum atomic E-state index is 5.81. The van der Waals surface area contributed by atoms with Crippen LogP contribution >= 0.6 is 0 Å². The Morgan fingerprint density at radius 2 is 1.75 bits per heavy atom.